The zero-order valence-corrected chi connectivity index (χ0v) is 9.78. The van der Waals surface area contributed by atoms with E-state index in [0.29, 0.717) is 12.0 Å². The van der Waals surface area contributed by atoms with Crippen molar-refractivity contribution in [2.75, 3.05) is 17.4 Å². The van der Waals surface area contributed by atoms with Gasteiger partial charge in [-0.1, -0.05) is 6.92 Å². The van der Waals surface area contributed by atoms with E-state index in [2.05, 4.69) is 34.1 Å². The average Bonchev–Trinajstić information content (AvgIpc) is 2.26. The van der Waals surface area contributed by atoms with Gasteiger partial charge in [0.15, 0.2) is 0 Å². The average molecular weight is 209 g/mol. The second-order valence-electron chi connectivity index (χ2n) is 3.70. The van der Waals surface area contributed by atoms with Crippen LogP contribution in [0.25, 0.3) is 0 Å². The van der Waals surface area contributed by atoms with E-state index in [1.807, 2.05) is 20.0 Å². The minimum atomic E-state index is 0.449. The first-order valence-electron chi connectivity index (χ1n) is 5.13. The number of nitrogens with zero attached hydrogens (tertiary/aromatic N) is 3. The Bertz CT molecular complexity index is 326. The Hall–Kier alpha value is -1.36. The zero-order chi connectivity index (χ0) is 11.4. The molecule has 0 bridgehead atoms. The van der Waals surface area contributed by atoms with Crippen LogP contribution in [0.2, 0.25) is 0 Å². The smallest absolute Gasteiger partial charge is 0.239 e. The molecule has 1 aromatic heterocycles. The molecule has 0 saturated heterocycles. The van der Waals surface area contributed by atoms with Crippen molar-refractivity contribution >= 4 is 11.8 Å². The largest absolute Gasteiger partial charge is 0.357 e. The highest BCUT2D eigenvalue weighted by Gasteiger charge is 2.10. The van der Waals surface area contributed by atoms with Gasteiger partial charge < -0.3 is 4.90 Å². The van der Waals surface area contributed by atoms with Gasteiger partial charge in [0.25, 0.3) is 0 Å². The molecule has 0 radical (unpaired) electrons. The molecule has 1 rings (SSSR count). The topological polar surface area (TPSA) is 67.1 Å². The van der Waals surface area contributed by atoms with Gasteiger partial charge in [0.2, 0.25) is 5.95 Å². The molecule has 1 unspecified atom stereocenters. The molecule has 0 aliphatic rings. The molecular weight excluding hydrogens is 190 g/mol. The minimum Gasteiger partial charge on any atom is -0.357 e. The van der Waals surface area contributed by atoms with E-state index in [-0.39, 0.29) is 0 Å². The van der Waals surface area contributed by atoms with Crippen LogP contribution in [0.15, 0.2) is 6.07 Å². The SMILES string of the molecule is CCC(C)N(C)c1cc(C)nc(NN)n1. The summed E-state index contributed by atoms with van der Waals surface area (Å²) in [6.07, 6.45) is 1.07. The van der Waals surface area contributed by atoms with Gasteiger partial charge >= 0.3 is 0 Å². The maximum Gasteiger partial charge on any atom is 0.239 e. The van der Waals surface area contributed by atoms with Crippen molar-refractivity contribution in [1.29, 1.82) is 0 Å². The first-order valence-corrected chi connectivity index (χ1v) is 5.13. The number of rotatable bonds is 4. The first-order chi connectivity index (χ1) is 7.08. The molecule has 0 aliphatic heterocycles. The standard InChI is InChI=1S/C10H19N5/c1-5-8(3)15(4)9-6-7(2)12-10(13-9)14-11/h6,8H,5,11H2,1-4H3,(H,12,13,14). The predicted octanol–water partition coefficient (Wildman–Crippen LogP) is 1.31. The second-order valence-corrected chi connectivity index (χ2v) is 3.70. The minimum absolute atomic E-state index is 0.449. The molecule has 0 aliphatic carbocycles. The molecule has 84 valence electrons. The third-order valence-electron chi connectivity index (χ3n) is 2.58. The third-order valence-corrected chi connectivity index (χ3v) is 2.58. The molecule has 0 spiro atoms. The summed E-state index contributed by atoms with van der Waals surface area (Å²) in [4.78, 5) is 10.6. The molecule has 5 heteroatoms. The van der Waals surface area contributed by atoms with Gasteiger partial charge in [-0.2, -0.15) is 4.98 Å². The molecular formula is C10H19N5. The summed E-state index contributed by atoms with van der Waals surface area (Å²) in [7, 11) is 2.02. The summed E-state index contributed by atoms with van der Waals surface area (Å²) in [6.45, 7) is 6.24. The van der Waals surface area contributed by atoms with Crippen molar-refractivity contribution in [3.05, 3.63) is 11.8 Å². The fourth-order valence-electron chi connectivity index (χ4n) is 1.30. The van der Waals surface area contributed by atoms with E-state index in [1.165, 1.54) is 0 Å². The van der Waals surface area contributed by atoms with E-state index >= 15 is 0 Å². The van der Waals surface area contributed by atoms with E-state index in [4.69, 9.17) is 5.84 Å². The lowest BCUT2D eigenvalue weighted by Gasteiger charge is -2.25. The van der Waals surface area contributed by atoms with Gasteiger partial charge in [-0.3, -0.25) is 5.43 Å². The Balaban J connectivity index is 2.97. The first kappa shape index (κ1) is 11.7. The molecule has 1 aromatic rings. The Kier molecular flexibility index (Phi) is 3.85. The fourth-order valence-corrected chi connectivity index (χ4v) is 1.30. The van der Waals surface area contributed by atoms with Crippen molar-refractivity contribution in [2.45, 2.75) is 33.2 Å². The number of hydrogen-bond donors (Lipinski definition) is 2. The number of hydrogen-bond acceptors (Lipinski definition) is 5. The lowest BCUT2D eigenvalue weighted by Crippen LogP contribution is -2.29. The Labute approximate surface area is 90.7 Å². The second kappa shape index (κ2) is 4.93. The van der Waals surface area contributed by atoms with Crippen molar-refractivity contribution in [3.63, 3.8) is 0 Å². The third kappa shape index (κ3) is 2.79. The predicted molar refractivity (Wildman–Crippen MR) is 62.7 cm³/mol. The summed E-state index contributed by atoms with van der Waals surface area (Å²) in [5, 5.41) is 0. The molecule has 0 amide bonds. The highest BCUT2D eigenvalue weighted by molar-refractivity contribution is 5.44. The number of aromatic nitrogens is 2. The maximum absolute atomic E-state index is 5.30. The van der Waals surface area contributed by atoms with Crippen LogP contribution in [0.4, 0.5) is 11.8 Å². The molecule has 1 atom stereocenters. The summed E-state index contributed by atoms with van der Waals surface area (Å²) >= 11 is 0. The van der Waals surface area contributed by atoms with Gasteiger partial charge in [-0.15, -0.1) is 0 Å². The van der Waals surface area contributed by atoms with Crippen LogP contribution < -0.4 is 16.2 Å². The monoisotopic (exact) mass is 209 g/mol. The van der Waals surface area contributed by atoms with Gasteiger partial charge in [0.1, 0.15) is 5.82 Å². The van der Waals surface area contributed by atoms with E-state index in [9.17, 15) is 0 Å². The van der Waals surface area contributed by atoms with Crippen molar-refractivity contribution in [2.24, 2.45) is 5.84 Å². The Morgan fingerprint density at radius 3 is 2.73 bits per heavy atom. The van der Waals surface area contributed by atoms with Crippen molar-refractivity contribution in [3.8, 4) is 0 Å². The quantitative estimate of drug-likeness (QED) is 0.578. The van der Waals surface area contributed by atoms with Crippen LogP contribution >= 0.6 is 0 Å². The Morgan fingerprint density at radius 1 is 1.53 bits per heavy atom. The van der Waals surface area contributed by atoms with Crippen molar-refractivity contribution in [1.82, 2.24) is 9.97 Å². The van der Waals surface area contributed by atoms with Crippen LogP contribution in [0, 0.1) is 6.92 Å². The maximum atomic E-state index is 5.30. The summed E-state index contributed by atoms with van der Waals surface area (Å²) in [5.41, 5.74) is 3.38. The van der Waals surface area contributed by atoms with Crippen LogP contribution in [-0.4, -0.2) is 23.1 Å². The highest BCUT2D eigenvalue weighted by atomic mass is 15.3. The molecule has 0 fully saturated rings. The molecule has 0 saturated carbocycles. The normalized spacial score (nSPS) is 12.3. The summed E-state index contributed by atoms with van der Waals surface area (Å²) in [5.74, 6) is 6.65. The lowest BCUT2D eigenvalue weighted by molar-refractivity contribution is 0.656. The molecule has 5 nitrogen and oxygen atoms in total. The highest BCUT2D eigenvalue weighted by Crippen LogP contribution is 2.16. The molecule has 1 heterocycles. The molecule has 15 heavy (non-hydrogen) atoms. The van der Waals surface area contributed by atoms with Gasteiger partial charge in [-0.05, 0) is 20.3 Å². The Morgan fingerprint density at radius 2 is 2.20 bits per heavy atom. The van der Waals surface area contributed by atoms with E-state index in [0.717, 1.165) is 17.9 Å². The molecule has 3 N–H and O–H groups in total. The van der Waals surface area contributed by atoms with E-state index < -0.39 is 0 Å². The van der Waals surface area contributed by atoms with Crippen LogP contribution in [-0.2, 0) is 0 Å². The number of anilines is 2. The van der Waals surface area contributed by atoms with E-state index in [1.54, 1.807) is 0 Å². The zero-order valence-electron chi connectivity index (χ0n) is 9.78. The number of nitrogen functional groups attached to an aromatic ring is 1. The van der Waals surface area contributed by atoms with Gasteiger partial charge in [0.05, 0.1) is 0 Å². The van der Waals surface area contributed by atoms with Gasteiger partial charge in [-0.25, -0.2) is 10.8 Å². The number of nitrogens with one attached hydrogen (secondary N) is 1. The summed E-state index contributed by atoms with van der Waals surface area (Å²) < 4.78 is 0. The number of nitrogens with two attached hydrogens (primary N) is 1. The van der Waals surface area contributed by atoms with Crippen LogP contribution in [0.5, 0.6) is 0 Å². The summed E-state index contributed by atoms with van der Waals surface area (Å²) in [6, 6.07) is 2.40. The molecule has 0 aromatic carbocycles. The fraction of sp³-hybridized carbons (Fsp3) is 0.600. The van der Waals surface area contributed by atoms with Gasteiger partial charge in [0, 0.05) is 24.8 Å². The van der Waals surface area contributed by atoms with Crippen molar-refractivity contribution < 1.29 is 0 Å². The lowest BCUT2D eigenvalue weighted by atomic mass is 10.2. The number of hydrazine groups is 1. The number of aryl methyl sites for hydroxylation is 1. The van der Waals surface area contributed by atoms with Crippen LogP contribution in [0.3, 0.4) is 0 Å². The van der Waals surface area contributed by atoms with Crippen LogP contribution in [0.1, 0.15) is 26.0 Å².